The summed E-state index contributed by atoms with van der Waals surface area (Å²) in [6.07, 6.45) is -3.03. The lowest BCUT2D eigenvalue weighted by Crippen LogP contribution is -2.05. The van der Waals surface area contributed by atoms with Gasteiger partial charge in [-0.15, -0.1) is 0 Å². The fourth-order valence-corrected chi connectivity index (χ4v) is 2.15. The number of furan rings is 1. The summed E-state index contributed by atoms with van der Waals surface area (Å²) in [6, 6.07) is 12.9. The maximum atomic E-state index is 13.0. The molecule has 19 heavy (non-hydrogen) atoms. The predicted molar refractivity (Wildman–Crippen MR) is 66.7 cm³/mol. The van der Waals surface area contributed by atoms with Gasteiger partial charge in [0.05, 0.1) is 11.8 Å². The number of halogens is 3. The Kier molecular flexibility index (Phi) is 2.59. The molecule has 0 radical (unpaired) electrons. The van der Waals surface area contributed by atoms with Gasteiger partial charge in [0, 0.05) is 10.9 Å². The highest BCUT2D eigenvalue weighted by molar-refractivity contribution is 5.96. The first-order valence-electron chi connectivity index (χ1n) is 5.70. The Morgan fingerprint density at radius 3 is 2.26 bits per heavy atom. The van der Waals surface area contributed by atoms with E-state index in [1.807, 2.05) is 6.07 Å². The molecule has 0 atom stereocenters. The molecule has 0 unspecified atom stereocenters. The average Bonchev–Trinajstić information content (AvgIpc) is 2.82. The lowest BCUT2D eigenvalue weighted by Gasteiger charge is -2.09. The molecule has 1 nitrogen and oxygen atoms in total. The van der Waals surface area contributed by atoms with Gasteiger partial charge in [0.25, 0.3) is 0 Å². The lowest BCUT2D eigenvalue weighted by atomic mass is 10.0. The molecular weight excluding hydrogens is 253 g/mol. The summed E-state index contributed by atoms with van der Waals surface area (Å²) < 4.78 is 44.4. The van der Waals surface area contributed by atoms with Gasteiger partial charge < -0.3 is 4.42 Å². The number of alkyl halides is 3. The fourth-order valence-electron chi connectivity index (χ4n) is 2.15. The monoisotopic (exact) mass is 262 g/mol. The molecule has 0 bridgehead atoms. The summed E-state index contributed by atoms with van der Waals surface area (Å²) in [5.41, 5.74) is 0.743. The summed E-state index contributed by atoms with van der Waals surface area (Å²) >= 11 is 0. The Bertz CT molecular complexity index is 711. The summed E-state index contributed by atoms with van der Waals surface area (Å²) in [6.45, 7) is 0. The Labute approximate surface area is 107 Å². The highest BCUT2D eigenvalue weighted by Crippen LogP contribution is 2.40. The molecule has 3 aromatic rings. The van der Waals surface area contributed by atoms with Crippen LogP contribution in [0.4, 0.5) is 13.2 Å². The van der Waals surface area contributed by atoms with Crippen molar-refractivity contribution in [2.24, 2.45) is 0 Å². The zero-order valence-electron chi connectivity index (χ0n) is 9.74. The van der Waals surface area contributed by atoms with Gasteiger partial charge in [-0.05, 0) is 17.7 Å². The second-order valence-corrected chi connectivity index (χ2v) is 4.19. The molecular formula is C15H9F3O. The minimum absolute atomic E-state index is 0.112. The minimum atomic E-state index is -4.40. The first kappa shape index (κ1) is 11.8. The van der Waals surface area contributed by atoms with E-state index in [1.54, 1.807) is 24.3 Å². The maximum Gasteiger partial charge on any atom is 0.417 e. The number of fused-ring (bicyclic) bond motifs is 1. The van der Waals surface area contributed by atoms with E-state index in [4.69, 9.17) is 4.42 Å². The first-order chi connectivity index (χ1) is 9.07. The molecule has 0 spiro atoms. The number of benzene rings is 2. The van der Waals surface area contributed by atoms with Crippen LogP contribution in [0, 0.1) is 0 Å². The van der Waals surface area contributed by atoms with Crippen LogP contribution in [0.1, 0.15) is 5.56 Å². The van der Waals surface area contributed by atoms with E-state index >= 15 is 0 Å². The van der Waals surface area contributed by atoms with Crippen molar-refractivity contribution < 1.29 is 17.6 Å². The predicted octanol–water partition coefficient (Wildman–Crippen LogP) is 5.12. The van der Waals surface area contributed by atoms with Crippen LogP contribution < -0.4 is 0 Å². The SMILES string of the molecule is FC(F)(F)c1cccc2occ(-c3ccccc3)c12. The van der Waals surface area contributed by atoms with Crippen LogP contribution >= 0.6 is 0 Å². The van der Waals surface area contributed by atoms with Crippen LogP contribution in [0.5, 0.6) is 0 Å². The van der Waals surface area contributed by atoms with Crippen LogP contribution in [-0.4, -0.2) is 0 Å². The Balaban J connectivity index is 2.33. The van der Waals surface area contributed by atoms with Crippen molar-refractivity contribution in [1.82, 2.24) is 0 Å². The second kappa shape index (κ2) is 4.16. The first-order valence-corrected chi connectivity index (χ1v) is 5.70. The van der Waals surface area contributed by atoms with E-state index in [9.17, 15) is 13.2 Å². The molecule has 3 rings (SSSR count). The standard InChI is InChI=1S/C15H9F3O/c16-15(17,18)12-7-4-8-13-14(12)11(9-19-13)10-5-2-1-3-6-10/h1-9H. The zero-order valence-corrected chi connectivity index (χ0v) is 9.74. The fraction of sp³-hybridized carbons (Fsp3) is 0.0667. The van der Waals surface area contributed by atoms with Gasteiger partial charge in [0.2, 0.25) is 0 Å². The van der Waals surface area contributed by atoms with E-state index in [2.05, 4.69) is 0 Å². The van der Waals surface area contributed by atoms with Crippen molar-refractivity contribution in [3.63, 3.8) is 0 Å². The molecule has 0 aliphatic heterocycles. The summed E-state index contributed by atoms with van der Waals surface area (Å²) in [5.74, 6) is 0. The van der Waals surface area contributed by atoms with Crippen LogP contribution in [0.15, 0.2) is 59.2 Å². The van der Waals surface area contributed by atoms with E-state index in [-0.39, 0.29) is 11.0 Å². The van der Waals surface area contributed by atoms with E-state index < -0.39 is 11.7 Å². The quantitative estimate of drug-likeness (QED) is 0.593. The summed E-state index contributed by atoms with van der Waals surface area (Å²) in [5, 5.41) is 0.112. The molecule has 0 saturated carbocycles. The van der Waals surface area contributed by atoms with Gasteiger partial charge in [-0.2, -0.15) is 13.2 Å². The van der Waals surface area contributed by atoms with Crippen molar-refractivity contribution in [3.8, 4) is 11.1 Å². The maximum absolute atomic E-state index is 13.0. The summed E-state index contributed by atoms with van der Waals surface area (Å²) in [4.78, 5) is 0. The Hall–Kier alpha value is -2.23. The normalized spacial score (nSPS) is 11.9. The van der Waals surface area contributed by atoms with Gasteiger partial charge in [0.1, 0.15) is 5.58 Å². The molecule has 0 aliphatic carbocycles. The number of rotatable bonds is 1. The van der Waals surface area contributed by atoms with E-state index in [0.29, 0.717) is 11.1 Å². The highest BCUT2D eigenvalue weighted by Gasteiger charge is 2.34. The molecule has 0 aliphatic rings. The third-order valence-corrected chi connectivity index (χ3v) is 2.99. The zero-order chi connectivity index (χ0) is 13.5. The van der Waals surface area contributed by atoms with Crippen molar-refractivity contribution >= 4 is 11.0 Å². The molecule has 0 fully saturated rings. The van der Waals surface area contributed by atoms with Crippen LogP contribution in [0.2, 0.25) is 0 Å². The molecule has 1 aromatic heterocycles. The lowest BCUT2D eigenvalue weighted by molar-refractivity contribution is -0.136. The summed E-state index contributed by atoms with van der Waals surface area (Å²) in [7, 11) is 0. The van der Waals surface area contributed by atoms with E-state index in [1.165, 1.54) is 18.4 Å². The van der Waals surface area contributed by atoms with Gasteiger partial charge in [-0.25, -0.2) is 0 Å². The molecule has 0 amide bonds. The molecule has 0 saturated heterocycles. The van der Waals surface area contributed by atoms with Crippen LogP contribution in [-0.2, 0) is 6.18 Å². The van der Waals surface area contributed by atoms with Gasteiger partial charge in [0.15, 0.2) is 0 Å². The molecule has 1 heterocycles. The highest BCUT2D eigenvalue weighted by atomic mass is 19.4. The average molecular weight is 262 g/mol. The van der Waals surface area contributed by atoms with Crippen molar-refractivity contribution in [2.75, 3.05) is 0 Å². The topological polar surface area (TPSA) is 13.1 Å². The number of hydrogen-bond acceptors (Lipinski definition) is 1. The Morgan fingerprint density at radius 2 is 1.58 bits per heavy atom. The van der Waals surface area contributed by atoms with Crippen LogP contribution in [0.3, 0.4) is 0 Å². The van der Waals surface area contributed by atoms with E-state index in [0.717, 1.165) is 6.07 Å². The molecule has 2 aromatic carbocycles. The van der Waals surface area contributed by atoms with Gasteiger partial charge >= 0.3 is 6.18 Å². The largest absolute Gasteiger partial charge is 0.464 e. The second-order valence-electron chi connectivity index (χ2n) is 4.19. The smallest absolute Gasteiger partial charge is 0.417 e. The van der Waals surface area contributed by atoms with Crippen molar-refractivity contribution in [2.45, 2.75) is 6.18 Å². The van der Waals surface area contributed by atoms with Crippen molar-refractivity contribution in [1.29, 1.82) is 0 Å². The number of hydrogen-bond donors (Lipinski definition) is 0. The molecule has 96 valence electrons. The van der Waals surface area contributed by atoms with Gasteiger partial charge in [-0.1, -0.05) is 36.4 Å². The third-order valence-electron chi connectivity index (χ3n) is 2.99. The third kappa shape index (κ3) is 1.99. The van der Waals surface area contributed by atoms with Crippen molar-refractivity contribution in [3.05, 3.63) is 60.4 Å². The minimum Gasteiger partial charge on any atom is -0.464 e. The van der Waals surface area contributed by atoms with Crippen LogP contribution in [0.25, 0.3) is 22.1 Å². The Morgan fingerprint density at radius 1 is 0.842 bits per heavy atom. The van der Waals surface area contributed by atoms with Gasteiger partial charge in [-0.3, -0.25) is 0 Å². The molecule has 4 heteroatoms. The molecule has 0 N–H and O–H groups in total.